The summed E-state index contributed by atoms with van der Waals surface area (Å²) >= 11 is 0. The van der Waals surface area contributed by atoms with Gasteiger partial charge in [0.2, 0.25) is 0 Å². The van der Waals surface area contributed by atoms with Gasteiger partial charge in [-0.2, -0.15) is 0 Å². The first-order valence-corrected chi connectivity index (χ1v) is 6.34. The van der Waals surface area contributed by atoms with Gasteiger partial charge in [-0.1, -0.05) is 48.5 Å². The normalized spacial score (nSPS) is 10.9. The van der Waals surface area contributed by atoms with Crippen LogP contribution >= 0.6 is 0 Å². The predicted molar refractivity (Wildman–Crippen MR) is 80.7 cm³/mol. The minimum Gasteiger partial charge on any atom is -0.386 e. The Labute approximate surface area is 115 Å². The SMILES string of the molecule is Cc1c(Cc2ccccc2)cccc1C(C)(C)O.N. The molecule has 2 nitrogen and oxygen atoms in total. The third kappa shape index (κ3) is 3.66. The predicted octanol–water partition coefficient (Wildman–Crippen LogP) is 3.98. The maximum absolute atomic E-state index is 10.2. The summed E-state index contributed by atoms with van der Waals surface area (Å²) in [7, 11) is 0. The molecule has 0 atom stereocenters. The number of hydrogen-bond donors (Lipinski definition) is 2. The average Bonchev–Trinajstić information content (AvgIpc) is 2.32. The highest BCUT2D eigenvalue weighted by molar-refractivity contribution is 5.39. The molecular formula is C17H23NO. The summed E-state index contributed by atoms with van der Waals surface area (Å²) in [6.07, 6.45) is 0.913. The molecule has 2 rings (SSSR count). The molecule has 0 amide bonds. The second-order valence-electron chi connectivity index (χ2n) is 5.31. The van der Waals surface area contributed by atoms with Crippen LogP contribution < -0.4 is 6.15 Å². The Morgan fingerprint density at radius 1 is 0.947 bits per heavy atom. The van der Waals surface area contributed by atoms with Gasteiger partial charge in [0.1, 0.15) is 0 Å². The molecule has 0 saturated carbocycles. The van der Waals surface area contributed by atoms with Gasteiger partial charge in [0.15, 0.2) is 0 Å². The van der Waals surface area contributed by atoms with Crippen LogP contribution in [0.2, 0.25) is 0 Å². The van der Waals surface area contributed by atoms with Crippen LogP contribution in [0.1, 0.15) is 36.1 Å². The first-order valence-electron chi connectivity index (χ1n) is 6.34. The van der Waals surface area contributed by atoms with Crippen LogP contribution in [0.3, 0.4) is 0 Å². The molecular weight excluding hydrogens is 234 g/mol. The van der Waals surface area contributed by atoms with E-state index < -0.39 is 5.60 Å². The van der Waals surface area contributed by atoms with Crippen LogP contribution in [0, 0.1) is 6.92 Å². The Balaban J connectivity index is 0.00000180. The van der Waals surface area contributed by atoms with Gasteiger partial charge in [-0.25, -0.2) is 0 Å². The Morgan fingerprint density at radius 3 is 2.16 bits per heavy atom. The second-order valence-corrected chi connectivity index (χ2v) is 5.31. The van der Waals surface area contributed by atoms with E-state index >= 15 is 0 Å². The van der Waals surface area contributed by atoms with E-state index in [4.69, 9.17) is 0 Å². The average molecular weight is 257 g/mol. The van der Waals surface area contributed by atoms with E-state index in [0.717, 1.165) is 12.0 Å². The van der Waals surface area contributed by atoms with Gasteiger partial charge < -0.3 is 11.3 Å². The summed E-state index contributed by atoms with van der Waals surface area (Å²) in [4.78, 5) is 0. The third-order valence-corrected chi connectivity index (χ3v) is 3.34. The van der Waals surface area contributed by atoms with E-state index in [9.17, 15) is 5.11 Å². The molecule has 0 spiro atoms. The van der Waals surface area contributed by atoms with Crippen molar-refractivity contribution in [2.75, 3.05) is 0 Å². The minimum atomic E-state index is -0.781. The molecule has 0 heterocycles. The summed E-state index contributed by atoms with van der Waals surface area (Å²) in [5.41, 5.74) is 4.00. The zero-order valence-electron chi connectivity index (χ0n) is 12.0. The third-order valence-electron chi connectivity index (χ3n) is 3.34. The van der Waals surface area contributed by atoms with Crippen molar-refractivity contribution in [3.63, 3.8) is 0 Å². The molecule has 0 aliphatic rings. The Hall–Kier alpha value is -1.64. The fourth-order valence-corrected chi connectivity index (χ4v) is 2.35. The van der Waals surface area contributed by atoms with Gasteiger partial charge >= 0.3 is 0 Å². The molecule has 102 valence electrons. The first kappa shape index (κ1) is 15.4. The molecule has 0 aliphatic heterocycles. The summed E-state index contributed by atoms with van der Waals surface area (Å²) in [6.45, 7) is 5.76. The van der Waals surface area contributed by atoms with Gasteiger partial charge in [0, 0.05) is 0 Å². The molecule has 2 aromatic rings. The number of aliphatic hydroxyl groups is 1. The second kappa shape index (κ2) is 6.00. The van der Waals surface area contributed by atoms with Crippen molar-refractivity contribution >= 4 is 0 Å². The lowest BCUT2D eigenvalue weighted by atomic mass is 9.89. The van der Waals surface area contributed by atoms with E-state index in [1.54, 1.807) is 0 Å². The van der Waals surface area contributed by atoms with E-state index in [2.05, 4.69) is 37.3 Å². The van der Waals surface area contributed by atoms with Crippen LogP contribution in [0.25, 0.3) is 0 Å². The van der Waals surface area contributed by atoms with Crippen molar-refractivity contribution in [3.05, 3.63) is 70.8 Å². The number of hydrogen-bond acceptors (Lipinski definition) is 2. The van der Waals surface area contributed by atoms with Crippen LogP contribution in [0.15, 0.2) is 48.5 Å². The van der Waals surface area contributed by atoms with Crippen LogP contribution in [-0.4, -0.2) is 5.11 Å². The Kier molecular flexibility index (Phi) is 4.87. The van der Waals surface area contributed by atoms with Crippen molar-refractivity contribution < 1.29 is 5.11 Å². The Morgan fingerprint density at radius 2 is 1.58 bits per heavy atom. The molecule has 0 aromatic heterocycles. The highest BCUT2D eigenvalue weighted by atomic mass is 16.3. The summed E-state index contributed by atoms with van der Waals surface area (Å²) in [6, 6.07) is 16.6. The van der Waals surface area contributed by atoms with Crippen molar-refractivity contribution in [1.29, 1.82) is 0 Å². The fraction of sp³-hybridized carbons (Fsp3) is 0.294. The highest BCUT2D eigenvalue weighted by Crippen LogP contribution is 2.26. The van der Waals surface area contributed by atoms with E-state index in [1.165, 1.54) is 16.7 Å². The molecule has 0 unspecified atom stereocenters. The van der Waals surface area contributed by atoms with Gasteiger partial charge in [-0.15, -0.1) is 0 Å². The minimum absolute atomic E-state index is 0. The zero-order chi connectivity index (χ0) is 13.2. The van der Waals surface area contributed by atoms with E-state index in [0.29, 0.717) is 0 Å². The van der Waals surface area contributed by atoms with Gasteiger partial charge in [0.05, 0.1) is 5.60 Å². The molecule has 2 aromatic carbocycles. The fourth-order valence-electron chi connectivity index (χ4n) is 2.35. The largest absolute Gasteiger partial charge is 0.386 e. The molecule has 0 saturated heterocycles. The lowest BCUT2D eigenvalue weighted by Gasteiger charge is -2.22. The molecule has 4 N–H and O–H groups in total. The summed E-state index contributed by atoms with van der Waals surface area (Å²) < 4.78 is 0. The number of rotatable bonds is 3. The van der Waals surface area contributed by atoms with E-state index in [-0.39, 0.29) is 6.15 Å². The maximum atomic E-state index is 10.2. The summed E-state index contributed by atoms with van der Waals surface area (Å²) in [5.74, 6) is 0. The van der Waals surface area contributed by atoms with Gasteiger partial charge in [-0.05, 0) is 49.4 Å². The molecule has 19 heavy (non-hydrogen) atoms. The van der Waals surface area contributed by atoms with Crippen molar-refractivity contribution in [2.45, 2.75) is 32.8 Å². The van der Waals surface area contributed by atoms with Crippen LogP contribution in [-0.2, 0) is 12.0 Å². The molecule has 0 radical (unpaired) electrons. The number of benzene rings is 2. The standard InChI is InChI=1S/C17H20O.H3N/c1-13-15(12-14-8-5-4-6-9-14)10-7-11-16(13)17(2,3)18;/h4-11,18H,12H2,1-3H3;1H3. The van der Waals surface area contributed by atoms with Crippen LogP contribution in [0.4, 0.5) is 0 Å². The quantitative estimate of drug-likeness (QED) is 0.874. The van der Waals surface area contributed by atoms with Crippen molar-refractivity contribution in [3.8, 4) is 0 Å². The smallest absolute Gasteiger partial charge is 0.0843 e. The van der Waals surface area contributed by atoms with Crippen LogP contribution in [0.5, 0.6) is 0 Å². The zero-order valence-corrected chi connectivity index (χ0v) is 12.0. The topological polar surface area (TPSA) is 55.2 Å². The van der Waals surface area contributed by atoms with Crippen molar-refractivity contribution in [1.82, 2.24) is 6.15 Å². The Bertz CT molecular complexity index is 527. The lowest BCUT2D eigenvalue weighted by Crippen LogP contribution is -2.17. The maximum Gasteiger partial charge on any atom is 0.0843 e. The lowest BCUT2D eigenvalue weighted by molar-refractivity contribution is 0.0778. The van der Waals surface area contributed by atoms with Gasteiger partial charge in [0.25, 0.3) is 0 Å². The highest BCUT2D eigenvalue weighted by Gasteiger charge is 2.19. The first-order chi connectivity index (χ1) is 8.48. The van der Waals surface area contributed by atoms with E-state index in [1.807, 2.05) is 32.0 Å². The van der Waals surface area contributed by atoms with Crippen molar-refractivity contribution in [2.24, 2.45) is 0 Å². The molecule has 2 heteroatoms. The monoisotopic (exact) mass is 257 g/mol. The van der Waals surface area contributed by atoms with Gasteiger partial charge in [-0.3, -0.25) is 0 Å². The molecule has 0 bridgehead atoms. The molecule has 0 aliphatic carbocycles. The summed E-state index contributed by atoms with van der Waals surface area (Å²) in [5, 5.41) is 10.2. The molecule has 0 fully saturated rings.